The summed E-state index contributed by atoms with van der Waals surface area (Å²) in [5.74, 6) is 1.28. The number of carbonyl (C=O) groups is 1. The fourth-order valence-corrected chi connectivity index (χ4v) is 7.56. The van der Waals surface area contributed by atoms with E-state index in [2.05, 4.69) is 43.0 Å². The normalized spacial score (nSPS) is 19.4. The SMILES string of the molecule is CCOc1cc([C@H](C)N2CC3(CCC3)c3c(CN4CC[N+](C)([SH]=O)CC4)cc(Cn4ccnc4NC)cc3C2=O)ncc1C#N. The first-order chi connectivity index (χ1) is 21.7. The van der Waals surface area contributed by atoms with Crippen molar-refractivity contribution in [2.45, 2.75) is 57.7 Å². The number of imidazole rings is 1. The molecule has 238 valence electrons. The number of anilines is 1. The standard InChI is InChI=1S/C33H43N8O3S/c1-5-44-29-17-28(37-19-26(29)18-34)23(2)40-22-33(7-6-8-33)30-25(21-38-11-13-41(4,45-43)14-12-38)15-24(16-27(30)31(40)42)20-39-10-9-36-32(39)35-3/h9-10,15-17,19,23,45H,5-8,11-14,20-22H2,1-4H3,(H,35,36)/q+1/t23-/m0/s1. The molecule has 45 heavy (non-hydrogen) atoms. The Morgan fingerprint density at radius 2 is 1.98 bits per heavy atom. The highest BCUT2D eigenvalue weighted by molar-refractivity contribution is 7.59. The number of piperazine rings is 1. The molecule has 3 aliphatic rings. The minimum absolute atomic E-state index is 0.00903. The van der Waals surface area contributed by atoms with Crippen LogP contribution in [0.15, 0.2) is 36.8 Å². The van der Waals surface area contributed by atoms with Gasteiger partial charge in [-0.15, -0.1) is 0 Å². The van der Waals surface area contributed by atoms with E-state index in [9.17, 15) is 14.3 Å². The maximum atomic E-state index is 14.6. The molecule has 11 nitrogen and oxygen atoms in total. The van der Waals surface area contributed by atoms with E-state index in [4.69, 9.17) is 4.74 Å². The van der Waals surface area contributed by atoms with E-state index in [-0.39, 0.29) is 29.2 Å². The van der Waals surface area contributed by atoms with E-state index in [1.54, 1.807) is 12.4 Å². The number of quaternary nitrogens is 1. The summed E-state index contributed by atoms with van der Waals surface area (Å²) in [5.41, 5.74) is 5.25. The van der Waals surface area contributed by atoms with E-state index in [0.717, 1.165) is 69.1 Å². The largest absolute Gasteiger partial charge is 0.492 e. The van der Waals surface area contributed by atoms with Crippen LogP contribution in [0.2, 0.25) is 0 Å². The Kier molecular flexibility index (Phi) is 8.70. The van der Waals surface area contributed by atoms with Crippen LogP contribution >= 0.6 is 0 Å². The van der Waals surface area contributed by atoms with Crippen LogP contribution in [0, 0.1) is 11.3 Å². The molecule has 6 rings (SSSR count). The van der Waals surface area contributed by atoms with Crippen LogP contribution in [0.25, 0.3) is 0 Å². The highest BCUT2D eigenvalue weighted by atomic mass is 32.2. The second-order valence-electron chi connectivity index (χ2n) is 12.8. The first-order valence-electron chi connectivity index (χ1n) is 15.8. The summed E-state index contributed by atoms with van der Waals surface area (Å²) in [4.78, 5) is 28.0. The van der Waals surface area contributed by atoms with Crippen LogP contribution in [0.4, 0.5) is 5.95 Å². The number of carbonyl (C=O) groups excluding carboxylic acids is 1. The molecule has 1 atom stereocenters. The lowest BCUT2D eigenvalue weighted by molar-refractivity contribution is -0.782. The summed E-state index contributed by atoms with van der Waals surface area (Å²) in [6.07, 6.45) is 8.47. The Morgan fingerprint density at radius 1 is 1.20 bits per heavy atom. The van der Waals surface area contributed by atoms with Crippen LogP contribution in [-0.2, 0) is 30.4 Å². The van der Waals surface area contributed by atoms with Gasteiger partial charge in [0.05, 0.1) is 31.9 Å². The number of nitriles is 1. The van der Waals surface area contributed by atoms with Gasteiger partial charge in [0.2, 0.25) is 5.95 Å². The summed E-state index contributed by atoms with van der Waals surface area (Å²) in [5, 5.41) is 12.7. The van der Waals surface area contributed by atoms with E-state index in [0.29, 0.717) is 40.6 Å². The molecule has 2 aromatic heterocycles. The second kappa shape index (κ2) is 12.5. The molecule has 1 saturated heterocycles. The summed E-state index contributed by atoms with van der Waals surface area (Å²) >= 11 is 0.162. The molecule has 2 fully saturated rings. The van der Waals surface area contributed by atoms with Crippen molar-refractivity contribution in [2.24, 2.45) is 0 Å². The lowest BCUT2D eigenvalue weighted by atomic mass is 9.60. The zero-order chi connectivity index (χ0) is 31.8. The minimum Gasteiger partial charge on any atom is -0.492 e. The van der Waals surface area contributed by atoms with Crippen LogP contribution in [0.5, 0.6) is 5.75 Å². The first-order valence-corrected chi connectivity index (χ1v) is 16.6. The van der Waals surface area contributed by atoms with Crippen molar-refractivity contribution in [3.8, 4) is 11.8 Å². The molecule has 1 N–H and O–H groups in total. The van der Waals surface area contributed by atoms with Gasteiger partial charge in [-0.3, -0.25) is 14.7 Å². The van der Waals surface area contributed by atoms with Gasteiger partial charge in [-0.05, 0) is 49.4 Å². The zero-order valence-electron chi connectivity index (χ0n) is 26.6. The molecule has 12 heteroatoms. The average molecular weight is 632 g/mol. The van der Waals surface area contributed by atoms with Gasteiger partial charge < -0.3 is 19.5 Å². The molecule has 2 aliphatic heterocycles. The number of hydrogen-bond donors (Lipinski definition) is 2. The van der Waals surface area contributed by atoms with Crippen molar-refractivity contribution in [3.63, 3.8) is 0 Å². The Balaban J connectivity index is 1.40. The van der Waals surface area contributed by atoms with Gasteiger partial charge in [-0.1, -0.05) is 12.5 Å². The highest BCUT2D eigenvalue weighted by Crippen LogP contribution is 2.51. The number of benzene rings is 1. The van der Waals surface area contributed by atoms with Crippen molar-refractivity contribution in [1.29, 1.82) is 5.26 Å². The summed E-state index contributed by atoms with van der Waals surface area (Å²) in [7, 11) is 3.90. The highest BCUT2D eigenvalue weighted by Gasteiger charge is 2.49. The van der Waals surface area contributed by atoms with E-state index < -0.39 is 0 Å². The third-order valence-corrected chi connectivity index (χ3v) is 10.8. The van der Waals surface area contributed by atoms with Gasteiger partial charge in [0.15, 0.2) is 11.9 Å². The maximum absolute atomic E-state index is 14.6. The number of hydrogen-bond acceptors (Lipinski definition) is 8. The number of nitrogens with zero attached hydrogens (tertiary/aromatic N) is 7. The van der Waals surface area contributed by atoms with Crippen molar-refractivity contribution < 1.29 is 17.6 Å². The van der Waals surface area contributed by atoms with Crippen molar-refractivity contribution >= 4 is 23.7 Å². The monoisotopic (exact) mass is 631 g/mol. The average Bonchev–Trinajstić information content (AvgIpc) is 3.48. The first kappa shape index (κ1) is 31.2. The Labute approximate surface area is 269 Å². The minimum atomic E-state index is -0.296. The van der Waals surface area contributed by atoms with Gasteiger partial charge in [0, 0.05) is 68.9 Å². The number of nitrogens with one attached hydrogen (secondary N) is 1. The maximum Gasteiger partial charge on any atom is 0.254 e. The molecule has 1 amide bonds. The molecule has 0 unspecified atom stereocenters. The Morgan fingerprint density at radius 3 is 2.62 bits per heavy atom. The molecule has 1 spiro atoms. The second-order valence-corrected chi connectivity index (χ2v) is 14.0. The number of likely N-dealkylation sites (N-methyl/N-ethyl adjacent to an activating group) is 1. The van der Waals surface area contributed by atoms with Gasteiger partial charge >= 0.3 is 0 Å². The number of thiol groups is 1. The van der Waals surface area contributed by atoms with Gasteiger partial charge in [0.25, 0.3) is 5.91 Å². The van der Waals surface area contributed by atoms with E-state index >= 15 is 0 Å². The van der Waals surface area contributed by atoms with Gasteiger partial charge in [-0.2, -0.15) is 5.26 Å². The zero-order valence-corrected chi connectivity index (χ0v) is 27.5. The third kappa shape index (κ3) is 5.85. The number of aromatic nitrogens is 3. The van der Waals surface area contributed by atoms with E-state index in [1.165, 1.54) is 11.1 Å². The lowest BCUT2D eigenvalue weighted by Crippen LogP contribution is -2.56. The van der Waals surface area contributed by atoms with Crippen LogP contribution < -0.4 is 10.1 Å². The number of pyridine rings is 1. The molecular weight excluding hydrogens is 588 g/mol. The van der Waals surface area contributed by atoms with Crippen molar-refractivity contribution in [1.82, 2.24) is 24.3 Å². The Bertz CT molecular complexity index is 1640. The molecule has 0 radical (unpaired) electrons. The van der Waals surface area contributed by atoms with E-state index in [1.807, 2.05) is 45.1 Å². The summed E-state index contributed by atoms with van der Waals surface area (Å²) < 4.78 is 20.1. The molecule has 3 aromatic rings. The quantitative estimate of drug-likeness (QED) is 0.259. The number of ether oxygens (including phenoxy) is 1. The predicted molar refractivity (Wildman–Crippen MR) is 173 cm³/mol. The van der Waals surface area contributed by atoms with Crippen LogP contribution in [0.1, 0.15) is 77.5 Å². The summed E-state index contributed by atoms with van der Waals surface area (Å²) in [6, 6.07) is 8.07. The fraction of sp³-hybridized carbons (Fsp3) is 0.515. The van der Waals surface area contributed by atoms with Crippen molar-refractivity contribution in [2.75, 3.05) is 58.7 Å². The number of amides is 1. The number of fused-ring (bicyclic) bond motifs is 2. The van der Waals surface area contributed by atoms with Gasteiger partial charge in [-0.25, -0.2) is 13.1 Å². The molecule has 1 aliphatic carbocycles. The topological polar surface area (TPSA) is 116 Å². The van der Waals surface area contributed by atoms with Crippen molar-refractivity contribution in [3.05, 3.63) is 70.3 Å². The molecule has 0 bridgehead atoms. The molecular formula is C33H43N8O3S+. The predicted octanol–water partition coefficient (Wildman–Crippen LogP) is 3.40. The smallest absolute Gasteiger partial charge is 0.254 e. The summed E-state index contributed by atoms with van der Waals surface area (Å²) in [6.45, 7) is 9.68. The van der Waals surface area contributed by atoms with Crippen LogP contribution in [-0.4, -0.2) is 91.8 Å². The molecule has 1 aromatic carbocycles. The number of rotatable bonds is 10. The molecule has 4 heterocycles. The molecule has 1 saturated carbocycles. The van der Waals surface area contributed by atoms with Gasteiger partial charge in [0.1, 0.15) is 30.5 Å². The van der Waals surface area contributed by atoms with Crippen LogP contribution in [0.3, 0.4) is 0 Å². The third-order valence-electron chi connectivity index (χ3n) is 9.97. The fourth-order valence-electron chi connectivity index (χ4n) is 7.21. The lowest BCUT2D eigenvalue weighted by Gasteiger charge is -2.52. The Hall–Kier alpha value is -3.79.